The molecule has 1 atom stereocenters. The smallest absolute Gasteiger partial charge is 0.306 e. The number of ether oxygens (including phenoxy) is 3. The Morgan fingerprint density at radius 1 is 0.273 bits per heavy atom. The number of hydrogen-bond acceptors (Lipinski definition) is 6. The molecule has 0 rings (SSSR count). The molecule has 0 spiro atoms. The molecular weight excluding hydrogens is 949 g/mol. The Balaban J connectivity index is 4.45. The summed E-state index contributed by atoms with van der Waals surface area (Å²) in [7, 11) is 0. The molecule has 0 aromatic rings. The van der Waals surface area contributed by atoms with Gasteiger partial charge in [0.2, 0.25) is 0 Å². The molecule has 6 nitrogen and oxygen atoms in total. The zero-order chi connectivity index (χ0) is 55.7. The molecular formula is C71H118O6. The highest BCUT2D eigenvalue weighted by atomic mass is 16.6. The van der Waals surface area contributed by atoms with Gasteiger partial charge in [0.05, 0.1) is 0 Å². The van der Waals surface area contributed by atoms with Crippen LogP contribution < -0.4 is 0 Å². The van der Waals surface area contributed by atoms with E-state index in [0.29, 0.717) is 19.3 Å². The molecule has 0 aliphatic heterocycles. The van der Waals surface area contributed by atoms with E-state index in [1.807, 2.05) is 0 Å². The third-order valence-electron chi connectivity index (χ3n) is 13.4. The molecule has 0 saturated heterocycles. The van der Waals surface area contributed by atoms with Crippen LogP contribution in [0.25, 0.3) is 0 Å². The third kappa shape index (κ3) is 62.5. The molecule has 6 heteroatoms. The van der Waals surface area contributed by atoms with Crippen LogP contribution in [0.15, 0.2) is 122 Å². The van der Waals surface area contributed by atoms with Gasteiger partial charge < -0.3 is 14.2 Å². The number of rotatable bonds is 57. The zero-order valence-corrected chi connectivity index (χ0v) is 50.2. The normalized spacial score (nSPS) is 12.9. The molecule has 0 radical (unpaired) electrons. The first kappa shape index (κ1) is 72.8. The van der Waals surface area contributed by atoms with Crippen LogP contribution in [0.4, 0.5) is 0 Å². The van der Waals surface area contributed by atoms with Crippen molar-refractivity contribution in [3.8, 4) is 0 Å². The Hall–Kier alpha value is -4.19. The summed E-state index contributed by atoms with van der Waals surface area (Å²) >= 11 is 0. The minimum Gasteiger partial charge on any atom is -0.462 e. The van der Waals surface area contributed by atoms with E-state index in [-0.39, 0.29) is 37.5 Å². The molecule has 0 bridgehead atoms. The Bertz CT molecular complexity index is 1600. The minimum atomic E-state index is -0.808. The van der Waals surface area contributed by atoms with Crippen LogP contribution in [-0.4, -0.2) is 37.2 Å². The van der Waals surface area contributed by atoms with Crippen molar-refractivity contribution >= 4 is 17.9 Å². The van der Waals surface area contributed by atoms with Gasteiger partial charge in [-0.1, -0.05) is 271 Å². The van der Waals surface area contributed by atoms with E-state index in [1.165, 1.54) is 141 Å². The van der Waals surface area contributed by atoms with Gasteiger partial charge in [0.25, 0.3) is 0 Å². The Kier molecular flexibility index (Phi) is 60.8. The lowest BCUT2D eigenvalue weighted by atomic mass is 10.1. The monoisotopic (exact) mass is 1070 g/mol. The van der Waals surface area contributed by atoms with E-state index in [1.54, 1.807) is 0 Å². The van der Waals surface area contributed by atoms with Gasteiger partial charge in [-0.05, 0) is 122 Å². The quantitative estimate of drug-likeness (QED) is 0.0261. The maximum atomic E-state index is 12.9. The molecule has 0 fully saturated rings. The highest BCUT2D eigenvalue weighted by Gasteiger charge is 2.19. The lowest BCUT2D eigenvalue weighted by Crippen LogP contribution is -2.30. The summed E-state index contributed by atoms with van der Waals surface area (Å²) in [5.41, 5.74) is 0. The second-order valence-corrected chi connectivity index (χ2v) is 20.9. The average molecular weight is 1070 g/mol. The van der Waals surface area contributed by atoms with Crippen LogP contribution in [0.3, 0.4) is 0 Å². The largest absolute Gasteiger partial charge is 0.462 e. The van der Waals surface area contributed by atoms with Gasteiger partial charge in [-0.2, -0.15) is 0 Å². The predicted octanol–water partition coefficient (Wildman–Crippen LogP) is 22.0. The maximum Gasteiger partial charge on any atom is 0.306 e. The standard InChI is InChI=1S/C71H118O6/c1-4-7-10-13-16-19-22-25-28-31-33-34-35-36-38-40-43-46-49-52-55-58-61-64-70(73)76-67-68(66-75-69(72)63-60-57-54-51-48-45-42-39-30-27-24-21-18-15-12-9-6-3)77-71(74)65-62-59-56-53-50-47-44-41-37-32-29-26-23-20-17-14-11-8-5-2/h7,9-10,12,16,18-19,21,25-30,33-34,42,45,51,54,68H,4-6,8,11,13-15,17,20,22-24,31-32,35-41,43-44,46-50,52-53,55-67H2,1-3H3/b10-7-,12-9-,19-16-,21-18-,28-25-,29-26-,30-27-,34-33-,45-42-,54-51-. The summed E-state index contributed by atoms with van der Waals surface area (Å²) < 4.78 is 16.9. The van der Waals surface area contributed by atoms with Crippen molar-refractivity contribution in [3.05, 3.63) is 122 Å². The summed E-state index contributed by atoms with van der Waals surface area (Å²) in [6, 6.07) is 0. The number of hydrogen-bond donors (Lipinski definition) is 0. The number of carbonyl (C=O) groups excluding carboxylic acids is 3. The van der Waals surface area contributed by atoms with Crippen LogP contribution in [0.1, 0.15) is 290 Å². The molecule has 0 saturated carbocycles. The zero-order valence-electron chi connectivity index (χ0n) is 50.2. The highest BCUT2D eigenvalue weighted by Crippen LogP contribution is 2.16. The lowest BCUT2D eigenvalue weighted by molar-refractivity contribution is -0.167. The molecule has 0 aromatic heterocycles. The van der Waals surface area contributed by atoms with E-state index in [4.69, 9.17) is 14.2 Å². The van der Waals surface area contributed by atoms with Gasteiger partial charge >= 0.3 is 17.9 Å². The molecule has 1 unspecified atom stereocenters. The summed E-state index contributed by atoms with van der Waals surface area (Å²) in [6.45, 7) is 6.38. The second-order valence-electron chi connectivity index (χ2n) is 20.9. The van der Waals surface area contributed by atoms with Crippen molar-refractivity contribution in [2.45, 2.75) is 297 Å². The Labute approximate surface area is 475 Å². The van der Waals surface area contributed by atoms with Crippen LogP contribution >= 0.6 is 0 Å². The molecule has 0 aliphatic carbocycles. The highest BCUT2D eigenvalue weighted by molar-refractivity contribution is 5.71. The van der Waals surface area contributed by atoms with E-state index in [0.717, 1.165) is 103 Å². The van der Waals surface area contributed by atoms with Crippen LogP contribution in [0.2, 0.25) is 0 Å². The van der Waals surface area contributed by atoms with Crippen molar-refractivity contribution in [2.75, 3.05) is 13.2 Å². The van der Waals surface area contributed by atoms with Gasteiger partial charge in [-0.3, -0.25) is 14.4 Å². The van der Waals surface area contributed by atoms with Gasteiger partial charge in [0, 0.05) is 19.3 Å². The molecule has 0 N–H and O–H groups in total. The fourth-order valence-electron chi connectivity index (χ4n) is 8.70. The van der Waals surface area contributed by atoms with E-state index in [9.17, 15) is 14.4 Å². The second kappa shape index (κ2) is 64.3. The minimum absolute atomic E-state index is 0.100. The van der Waals surface area contributed by atoms with Gasteiger partial charge in [0.15, 0.2) is 6.10 Å². The Morgan fingerprint density at radius 3 is 0.857 bits per heavy atom. The summed E-state index contributed by atoms with van der Waals surface area (Å²) in [6.07, 6.45) is 89.2. The third-order valence-corrected chi connectivity index (χ3v) is 13.4. The number of allylic oxidation sites excluding steroid dienone is 20. The van der Waals surface area contributed by atoms with Gasteiger partial charge in [0.1, 0.15) is 13.2 Å². The van der Waals surface area contributed by atoms with E-state index >= 15 is 0 Å². The fraction of sp³-hybridized carbons (Fsp3) is 0.676. The van der Waals surface area contributed by atoms with Crippen LogP contribution in [0, 0.1) is 0 Å². The van der Waals surface area contributed by atoms with Gasteiger partial charge in [-0.25, -0.2) is 0 Å². The van der Waals surface area contributed by atoms with Crippen molar-refractivity contribution in [3.63, 3.8) is 0 Å². The Morgan fingerprint density at radius 2 is 0.519 bits per heavy atom. The summed E-state index contributed by atoms with van der Waals surface area (Å²) in [5, 5.41) is 0. The molecule has 0 aliphatic rings. The van der Waals surface area contributed by atoms with E-state index in [2.05, 4.69) is 142 Å². The summed E-state index contributed by atoms with van der Waals surface area (Å²) in [4.78, 5) is 38.3. The van der Waals surface area contributed by atoms with E-state index < -0.39 is 6.10 Å². The molecule has 0 amide bonds. The SMILES string of the molecule is CC/C=C\C/C=C\C/C=C\C/C=C\C/C=C\CCCC(=O)OCC(COC(=O)CCCCCCCCCCCC/C=C\C/C=C\C/C=C\C/C=C\CC)OC(=O)CCCCCCCCCCC/C=C\CCCCCCCC. The lowest BCUT2D eigenvalue weighted by Gasteiger charge is -2.18. The first-order valence-electron chi connectivity index (χ1n) is 32.0. The summed E-state index contributed by atoms with van der Waals surface area (Å²) in [5.74, 6) is -0.961. The average Bonchev–Trinajstić information content (AvgIpc) is 3.43. The van der Waals surface area contributed by atoms with Crippen molar-refractivity contribution < 1.29 is 28.6 Å². The first-order chi connectivity index (χ1) is 38.0. The molecule has 0 aromatic carbocycles. The van der Waals surface area contributed by atoms with Crippen molar-refractivity contribution in [1.29, 1.82) is 0 Å². The topological polar surface area (TPSA) is 78.9 Å². The van der Waals surface area contributed by atoms with Crippen molar-refractivity contribution in [2.24, 2.45) is 0 Å². The number of esters is 3. The molecule has 438 valence electrons. The van der Waals surface area contributed by atoms with Crippen LogP contribution in [-0.2, 0) is 28.6 Å². The van der Waals surface area contributed by atoms with Crippen LogP contribution in [0.5, 0.6) is 0 Å². The van der Waals surface area contributed by atoms with Crippen molar-refractivity contribution in [1.82, 2.24) is 0 Å². The molecule has 0 heterocycles. The first-order valence-corrected chi connectivity index (χ1v) is 32.0. The molecule has 77 heavy (non-hydrogen) atoms. The number of carbonyl (C=O) groups is 3. The predicted molar refractivity (Wildman–Crippen MR) is 334 cm³/mol. The number of unbranched alkanes of at least 4 members (excludes halogenated alkanes) is 26. The maximum absolute atomic E-state index is 12.9. The van der Waals surface area contributed by atoms with Gasteiger partial charge in [-0.15, -0.1) is 0 Å². The fourth-order valence-corrected chi connectivity index (χ4v) is 8.70.